The van der Waals surface area contributed by atoms with E-state index in [4.69, 9.17) is 16.3 Å². The van der Waals surface area contributed by atoms with Gasteiger partial charge in [-0.1, -0.05) is 11.6 Å². The predicted molar refractivity (Wildman–Crippen MR) is 62.0 cm³/mol. The number of halogens is 1. The summed E-state index contributed by atoms with van der Waals surface area (Å²) in [5.74, 6) is 0. The van der Waals surface area contributed by atoms with Crippen molar-refractivity contribution in [1.82, 2.24) is 10.3 Å². The molecule has 3 nitrogen and oxygen atoms in total. The van der Waals surface area contributed by atoms with Gasteiger partial charge in [0.05, 0.1) is 10.6 Å². The molecule has 0 radical (unpaired) electrons. The SMILES string of the molecule is COC(C)(C)CNCc1ccncc1Cl. The monoisotopic (exact) mass is 228 g/mol. The zero-order chi connectivity index (χ0) is 11.3. The quantitative estimate of drug-likeness (QED) is 0.840. The van der Waals surface area contributed by atoms with E-state index in [2.05, 4.69) is 10.3 Å². The molecule has 0 aliphatic carbocycles. The summed E-state index contributed by atoms with van der Waals surface area (Å²) in [5, 5.41) is 3.99. The molecule has 1 rings (SSSR count). The molecule has 0 spiro atoms. The number of pyridine rings is 1. The first kappa shape index (κ1) is 12.4. The van der Waals surface area contributed by atoms with Gasteiger partial charge in [-0.25, -0.2) is 0 Å². The summed E-state index contributed by atoms with van der Waals surface area (Å²) in [6.45, 7) is 5.58. The van der Waals surface area contributed by atoms with Crippen molar-refractivity contribution in [3.63, 3.8) is 0 Å². The third kappa shape index (κ3) is 4.16. The van der Waals surface area contributed by atoms with Crippen LogP contribution in [-0.4, -0.2) is 24.2 Å². The van der Waals surface area contributed by atoms with Crippen molar-refractivity contribution in [2.75, 3.05) is 13.7 Å². The van der Waals surface area contributed by atoms with Crippen molar-refractivity contribution in [3.05, 3.63) is 29.0 Å². The smallest absolute Gasteiger partial charge is 0.0746 e. The van der Waals surface area contributed by atoms with Crippen LogP contribution in [0.5, 0.6) is 0 Å². The number of aromatic nitrogens is 1. The number of methoxy groups -OCH3 is 1. The number of rotatable bonds is 5. The van der Waals surface area contributed by atoms with E-state index in [1.807, 2.05) is 19.9 Å². The highest BCUT2D eigenvalue weighted by atomic mass is 35.5. The molecule has 1 heterocycles. The maximum Gasteiger partial charge on any atom is 0.0746 e. The predicted octanol–water partition coefficient (Wildman–Crippen LogP) is 2.25. The van der Waals surface area contributed by atoms with Crippen LogP contribution in [0.3, 0.4) is 0 Å². The molecule has 0 aliphatic heterocycles. The molecule has 0 aliphatic rings. The lowest BCUT2D eigenvalue weighted by Crippen LogP contribution is -2.36. The van der Waals surface area contributed by atoms with Gasteiger partial charge in [-0.2, -0.15) is 0 Å². The summed E-state index contributed by atoms with van der Waals surface area (Å²) < 4.78 is 5.30. The van der Waals surface area contributed by atoms with Crippen LogP contribution in [-0.2, 0) is 11.3 Å². The first-order valence-corrected chi connectivity index (χ1v) is 5.27. The fourth-order valence-electron chi connectivity index (χ4n) is 1.12. The number of nitrogens with zero attached hydrogens (tertiary/aromatic N) is 1. The molecule has 0 saturated carbocycles. The minimum Gasteiger partial charge on any atom is -0.377 e. The number of hydrogen-bond acceptors (Lipinski definition) is 3. The van der Waals surface area contributed by atoms with Crippen LogP contribution in [0, 0.1) is 0 Å². The van der Waals surface area contributed by atoms with E-state index >= 15 is 0 Å². The molecule has 0 aromatic carbocycles. The van der Waals surface area contributed by atoms with Crippen molar-refractivity contribution < 1.29 is 4.74 Å². The Kier molecular flexibility index (Phi) is 4.51. The van der Waals surface area contributed by atoms with Crippen molar-refractivity contribution in [3.8, 4) is 0 Å². The van der Waals surface area contributed by atoms with Gasteiger partial charge < -0.3 is 10.1 Å². The summed E-state index contributed by atoms with van der Waals surface area (Å²) in [4.78, 5) is 3.93. The summed E-state index contributed by atoms with van der Waals surface area (Å²) in [6, 6.07) is 1.91. The van der Waals surface area contributed by atoms with E-state index in [1.165, 1.54) is 0 Å². The Morgan fingerprint density at radius 3 is 2.87 bits per heavy atom. The van der Waals surface area contributed by atoms with Gasteiger partial charge in [0.15, 0.2) is 0 Å². The van der Waals surface area contributed by atoms with Gasteiger partial charge in [-0.05, 0) is 25.5 Å². The van der Waals surface area contributed by atoms with Crippen LogP contribution < -0.4 is 5.32 Å². The molecule has 0 atom stereocenters. The van der Waals surface area contributed by atoms with E-state index in [0.717, 1.165) is 18.7 Å². The Bertz CT molecular complexity index is 315. The number of nitrogens with one attached hydrogen (secondary N) is 1. The Hall–Kier alpha value is -0.640. The molecule has 0 unspecified atom stereocenters. The lowest BCUT2D eigenvalue weighted by molar-refractivity contribution is 0.0230. The Morgan fingerprint density at radius 2 is 2.27 bits per heavy atom. The second-order valence-electron chi connectivity index (χ2n) is 4.03. The van der Waals surface area contributed by atoms with Crippen LogP contribution in [0.2, 0.25) is 5.02 Å². The third-order valence-corrected chi connectivity index (χ3v) is 2.62. The second-order valence-corrected chi connectivity index (χ2v) is 4.44. The third-order valence-electron chi connectivity index (χ3n) is 2.28. The fraction of sp³-hybridized carbons (Fsp3) is 0.545. The van der Waals surface area contributed by atoms with Crippen LogP contribution in [0.15, 0.2) is 18.5 Å². The minimum atomic E-state index is -0.153. The summed E-state index contributed by atoms with van der Waals surface area (Å²) in [6.07, 6.45) is 3.39. The first-order chi connectivity index (χ1) is 7.05. The van der Waals surface area contributed by atoms with Crippen LogP contribution in [0.4, 0.5) is 0 Å². The molecule has 1 N–H and O–H groups in total. The van der Waals surface area contributed by atoms with Crippen molar-refractivity contribution in [2.45, 2.75) is 26.0 Å². The van der Waals surface area contributed by atoms with E-state index in [-0.39, 0.29) is 5.60 Å². The lowest BCUT2D eigenvalue weighted by atomic mass is 10.1. The van der Waals surface area contributed by atoms with E-state index in [1.54, 1.807) is 19.5 Å². The zero-order valence-electron chi connectivity index (χ0n) is 9.38. The summed E-state index contributed by atoms with van der Waals surface area (Å²) >= 11 is 5.97. The Balaban J connectivity index is 2.42. The van der Waals surface area contributed by atoms with Crippen LogP contribution in [0.1, 0.15) is 19.4 Å². The van der Waals surface area contributed by atoms with E-state index in [9.17, 15) is 0 Å². The molecular weight excluding hydrogens is 212 g/mol. The van der Waals surface area contributed by atoms with Crippen molar-refractivity contribution >= 4 is 11.6 Å². The van der Waals surface area contributed by atoms with Gasteiger partial charge in [-0.15, -0.1) is 0 Å². The molecule has 84 valence electrons. The maximum atomic E-state index is 5.97. The normalized spacial score (nSPS) is 11.7. The second kappa shape index (κ2) is 5.45. The van der Waals surface area contributed by atoms with Gasteiger partial charge in [0.2, 0.25) is 0 Å². The van der Waals surface area contributed by atoms with Gasteiger partial charge in [0.25, 0.3) is 0 Å². The molecule has 1 aromatic heterocycles. The van der Waals surface area contributed by atoms with Gasteiger partial charge in [0.1, 0.15) is 0 Å². The van der Waals surface area contributed by atoms with E-state index in [0.29, 0.717) is 5.02 Å². The standard InChI is InChI=1S/C11H17ClN2O/c1-11(2,15-3)8-14-6-9-4-5-13-7-10(9)12/h4-5,7,14H,6,8H2,1-3H3. The summed E-state index contributed by atoms with van der Waals surface area (Å²) in [5.41, 5.74) is 0.901. The minimum absolute atomic E-state index is 0.153. The molecule has 0 fully saturated rings. The lowest BCUT2D eigenvalue weighted by Gasteiger charge is -2.23. The number of ether oxygens (including phenoxy) is 1. The topological polar surface area (TPSA) is 34.1 Å². The molecule has 0 amide bonds. The average molecular weight is 229 g/mol. The first-order valence-electron chi connectivity index (χ1n) is 4.89. The zero-order valence-corrected chi connectivity index (χ0v) is 10.1. The molecular formula is C11H17ClN2O. The van der Waals surface area contributed by atoms with Gasteiger partial charge in [0, 0.05) is 32.6 Å². The highest BCUT2D eigenvalue weighted by molar-refractivity contribution is 6.31. The van der Waals surface area contributed by atoms with Crippen LogP contribution in [0.25, 0.3) is 0 Å². The van der Waals surface area contributed by atoms with Crippen molar-refractivity contribution in [2.24, 2.45) is 0 Å². The number of hydrogen-bond donors (Lipinski definition) is 1. The largest absolute Gasteiger partial charge is 0.377 e. The molecule has 1 aromatic rings. The fourth-order valence-corrected chi connectivity index (χ4v) is 1.30. The molecule has 15 heavy (non-hydrogen) atoms. The highest BCUT2D eigenvalue weighted by Crippen LogP contribution is 2.13. The van der Waals surface area contributed by atoms with E-state index < -0.39 is 0 Å². The molecule has 4 heteroatoms. The maximum absolute atomic E-state index is 5.97. The summed E-state index contributed by atoms with van der Waals surface area (Å²) in [7, 11) is 1.71. The molecule has 0 saturated heterocycles. The van der Waals surface area contributed by atoms with Crippen molar-refractivity contribution in [1.29, 1.82) is 0 Å². The van der Waals surface area contributed by atoms with Gasteiger partial charge >= 0.3 is 0 Å². The Morgan fingerprint density at radius 1 is 1.53 bits per heavy atom. The van der Waals surface area contributed by atoms with Crippen LogP contribution >= 0.6 is 11.6 Å². The Labute approximate surface area is 95.8 Å². The highest BCUT2D eigenvalue weighted by Gasteiger charge is 2.15. The average Bonchev–Trinajstić information content (AvgIpc) is 2.21. The van der Waals surface area contributed by atoms with Gasteiger partial charge in [-0.3, -0.25) is 4.98 Å². The molecule has 0 bridgehead atoms.